The number of aliphatic hydroxyl groups excluding tert-OH is 3. The Morgan fingerprint density at radius 1 is 1.26 bits per heavy atom. The number of fused-ring (bicyclic) bond motifs is 5. The van der Waals surface area contributed by atoms with Gasteiger partial charge in [-0.2, -0.15) is 0 Å². The monoisotopic (exact) mass is 378 g/mol. The minimum Gasteiger partial charge on any atom is -0.393 e. The summed E-state index contributed by atoms with van der Waals surface area (Å²) in [6.07, 6.45) is 2.79. The molecule has 0 saturated heterocycles. The van der Waals surface area contributed by atoms with E-state index in [9.17, 15) is 30.0 Å². The molecule has 6 nitrogen and oxygen atoms in total. The maximum Gasteiger partial charge on any atom is 0.190 e. The summed E-state index contributed by atoms with van der Waals surface area (Å²) in [7, 11) is 0. The van der Waals surface area contributed by atoms with Crippen molar-refractivity contribution in [3.63, 3.8) is 0 Å². The highest BCUT2D eigenvalue weighted by Crippen LogP contribution is 2.67. The van der Waals surface area contributed by atoms with Gasteiger partial charge in [0.25, 0.3) is 0 Å². The molecule has 0 spiro atoms. The average molecular weight is 378 g/mol. The number of aliphatic hydroxyl groups is 4. The zero-order valence-electron chi connectivity index (χ0n) is 16.0. The molecule has 4 rings (SSSR count). The van der Waals surface area contributed by atoms with Gasteiger partial charge < -0.3 is 20.4 Å². The molecule has 0 aromatic rings. The lowest BCUT2D eigenvalue weighted by atomic mass is 9.45. The van der Waals surface area contributed by atoms with Crippen molar-refractivity contribution in [3.05, 3.63) is 11.6 Å². The smallest absolute Gasteiger partial charge is 0.190 e. The van der Waals surface area contributed by atoms with Crippen LogP contribution >= 0.6 is 0 Å². The van der Waals surface area contributed by atoms with Crippen LogP contribution in [0.15, 0.2) is 11.6 Å². The van der Waals surface area contributed by atoms with Gasteiger partial charge in [-0.05, 0) is 55.9 Å². The molecule has 3 fully saturated rings. The standard InChI is InChI=1S/C21H30O6/c1-19-9-15(24)18-13(14(19)5-6-21(19,27)17(26)10-22)4-3-11-7-12(23)8-16(25)20(11,18)2/h7,13-16,18,22,24-25,27H,3-6,8-10H2,1-2H3. The third-order valence-corrected chi connectivity index (χ3v) is 8.76. The van der Waals surface area contributed by atoms with E-state index in [1.165, 1.54) is 0 Å². The maximum atomic E-state index is 12.4. The first-order chi connectivity index (χ1) is 12.6. The highest BCUT2D eigenvalue weighted by atomic mass is 16.3. The van der Waals surface area contributed by atoms with E-state index in [2.05, 4.69) is 0 Å². The number of hydrogen-bond donors (Lipinski definition) is 4. The van der Waals surface area contributed by atoms with Crippen LogP contribution in [0.1, 0.15) is 52.4 Å². The summed E-state index contributed by atoms with van der Waals surface area (Å²) in [4.78, 5) is 24.3. The predicted molar refractivity (Wildman–Crippen MR) is 96.5 cm³/mol. The van der Waals surface area contributed by atoms with Gasteiger partial charge in [-0.1, -0.05) is 19.4 Å². The van der Waals surface area contributed by atoms with E-state index in [4.69, 9.17) is 0 Å². The molecule has 0 aliphatic heterocycles. The lowest BCUT2D eigenvalue weighted by Gasteiger charge is -2.61. The molecule has 0 aromatic carbocycles. The van der Waals surface area contributed by atoms with Crippen LogP contribution in [0.4, 0.5) is 0 Å². The Morgan fingerprint density at radius 3 is 2.63 bits per heavy atom. The Balaban J connectivity index is 1.76. The van der Waals surface area contributed by atoms with Crippen LogP contribution in [-0.2, 0) is 9.59 Å². The quantitative estimate of drug-likeness (QED) is 0.564. The van der Waals surface area contributed by atoms with Gasteiger partial charge in [-0.25, -0.2) is 0 Å². The number of Topliss-reactive ketones (excluding diaryl/α,β-unsaturated/α-hetero) is 1. The van der Waals surface area contributed by atoms with E-state index in [0.717, 1.165) is 12.0 Å². The van der Waals surface area contributed by atoms with Crippen LogP contribution in [0.25, 0.3) is 0 Å². The minimum absolute atomic E-state index is 0.0367. The van der Waals surface area contributed by atoms with Crippen molar-refractivity contribution in [2.75, 3.05) is 6.61 Å². The van der Waals surface area contributed by atoms with Gasteiger partial charge in [0.1, 0.15) is 12.2 Å². The Morgan fingerprint density at radius 2 is 1.96 bits per heavy atom. The van der Waals surface area contributed by atoms with E-state index in [1.807, 2.05) is 13.8 Å². The van der Waals surface area contributed by atoms with Gasteiger partial charge in [0, 0.05) is 17.3 Å². The first-order valence-electron chi connectivity index (χ1n) is 10.1. The van der Waals surface area contributed by atoms with Gasteiger partial charge in [-0.3, -0.25) is 9.59 Å². The molecule has 27 heavy (non-hydrogen) atoms. The number of ketones is 2. The molecule has 150 valence electrons. The van der Waals surface area contributed by atoms with Crippen molar-refractivity contribution in [2.24, 2.45) is 28.6 Å². The zero-order chi connectivity index (χ0) is 19.8. The summed E-state index contributed by atoms with van der Waals surface area (Å²) in [6, 6.07) is 0. The molecule has 8 atom stereocenters. The van der Waals surface area contributed by atoms with Crippen LogP contribution in [0, 0.1) is 28.6 Å². The summed E-state index contributed by atoms with van der Waals surface area (Å²) in [5, 5.41) is 42.6. The summed E-state index contributed by atoms with van der Waals surface area (Å²) in [5.74, 6) is -0.736. The highest BCUT2D eigenvalue weighted by molar-refractivity contribution is 5.92. The first-order valence-corrected chi connectivity index (χ1v) is 10.1. The molecule has 8 unspecified atom stereocenters. The van der Waals surface area contributed by atoms with E-state index in [-0.39, 0.29) is 36.4 Å². The molecule has 0 bridgehead atoms. The van der Waals surface area contributed by atoms with Gasteiger partial charge in [0.2, 0.25) is 0 Å². The Bertz CT molecular complexity index is 715. The third-order valence-electron chi connectivity index (χ3n) is 8.76. The van der Waals surface area contributed by atoms with Crippen molar-refractivity contribution < 1.29 is 30.0 Å². The fourth-order valence-corrected chi connectivity index (χ4v) is 7.32. The Hall–Kier alpha value is -1.08. The van der Waals surface area contributed by atoms with Gasteiger partial charge in [-0.15, -0.1) is 0 Å². The van der Waals surface area contributed by atoms with Crippen molar-refractivity contribution in [2.45, 2.75) is 70.2 Å². The van der Waals surface area contributed by atoms with Crippen LogP contribution in [0.3, 0.4) is 0 Å². The molecule has 4 aliphatic rings. The second kappa shape index (κ2) is 5.96. The normalized spacial score (nSPS) is 51.9. The van der Waals surface area contributed by atoms with Crippen LogP contribution in [0.2, 0.25) is 0 Å². The molecule has 6 heteroatoms. The maximum absolute atomic E-state index is 12.4. The summed E-state index contributed by atoms with van der Waals surface area (Å²) in [5.41, 5.74) is -2.13. The lowest BCUT2D eigenvalue weighted by molar-refractivity contribution is -0.190. The van der Waals surface area contributed by atoms with Crippen molar-refractivity contribution in [1.29, 1.82) is 0 Å². The average Bonchev–Trinajstić information content (AvgIpc) is 2.87. The molecule has 3 saturated carbocycles. The number of hydrogen-bond acceptors (Lipinski definition) is 6. The molecular weight excluding hydrogens is 348 g/mol. The second-order valence-electron chi connectivity index (χ2n) is 9.64. The van der Waals surface area contributed by atoms with Crippen molar-refractivity contribution >= 4 is 11.6 Å². The first kappa shape index (κ1) is 19.2. The SMILES string of the molecule is CC12C(=CC(=O)CC1O)CCC1C2C(O)CC2(C)C1CCC2(O)C(=O)CO. The second-order valence-corrected chi connectivity index (χ2v) is 9.64. The van der Waals surface area contributed by atoms with E-state index < -0.39 is 41.0 Å². The molecular formula is C21H30O6. The van der Waals surface area contributed by atoms with Crippen LogP contribution in [-0.4, -0.2) is 56.4 Å². The van der Waals surface area contributed by atoms with Crippen molar-refractivity contribution in [1.82, 2.24) is 0 Å². The van der Waals surface area contributed by atoms with Gasteiger partial charge in [0.05, 0.1) is 12.2 Å². The lowest BCUT2D eigenvalue weighted by Crippen LogP contribution is -2.63. The largest absolute Gasteiger partial charge is 0.393 e. The molecule has 4 aliphatic carbocycles. The molecule has 0 amide bonds. The van der Waals surface area contributed by atoms with Crippen molar-refractivity contribution in [3.8, 4) is 0 Å². The van der Waals surface area contributed by atoms with E-state index in [1.54, 1.807) is 6.08 Å². The zero-order valence-corrected chi connectivity index (χ0v) is 16.0. The topological polar surface area (TPSA) is 115 Å². The molecule has 0 aromatic heterocycles. The highest BCUT2D eigenvalue weighted by Gasteiger charge is 2.69. The molecule has 4 N–H and O–H groups in total. The fourth-order valence-electron chi connectivity index (χ4n) is 7.32. The summed E-state index contributed by atoms with van der Waals surface area (Å²) >= 11 is 0. The van der Waals surface area contributed by atoms with Gasteiger partial charge in [0.15, 0.2) is 11.6 Å². The van der Waals surface area contributed by atoms with E-state index >= 15 is 0 Å². The summed E-state index contributed by atoms with van der Waals surface area (Å²) in [6.45, 7) is 3.12. The Labute approximate surface area is 159 Å². The Kier molecular flexibility index (Phi) is 4.25. The predicted octanol–water partition coefficient (Wildman–Crippen LogP) is 0.752. The van der Waals surface area contributed by atoms with Crippen LogP contribution < -0.4 is 0 Å². The number of rotatable bonds is 2. The number of carbonyl (C=O) groups excluding carboxylic acids is 2. The number of carbonyl (C=O) groups is 2. The van der Waals surface area contributed by atoms with Crippen LogP contribution in [0.5, 0.6) is 0 Å². The van der Waals surface area contributed by atoms with E-state index in [0.29, 0.717) is 19.3 Å². The van der Waals surface area contributed by atoms with Gasteiger partial charge >= 0.3 is 0 Å². The summed E-state index contributed by atoms with van der Waals surface area (Å²) < 4.78 is 0. The minimum atomic E-state index is -1.61. The third kappa shape index (κ3) is 2.27. The molecule has 0 radical (unpaired) electrons. The molecule has 0 heterocycles. The fraction of sp³-hybridized carbons (Fsp3) is 0.810.